The van der Waals surface area contributed by atoms with Crippen LogP contribution in [-0.2, 0) is 0 Å². The van der Waals surface area contributed by atoms with Gasteiger partial charge in [-0.2, -0.15) is 4.98 Å². The Kier molecular flexibility index (Phi) is 5.41. The summed E-state index contributed by atoms with van der Waals surface area (Å²) >= 11 is 0. The number of hydrogen-bond acceptors (Lipinski definition) is 6. The van der Waals surface area contributed by atoms with Gasteiger partial charge in [0, 0.05) is 36.6 Å². The van der Waals surface area contributed by atoms with Crippen LogP contribution < -0.4 is 0 Å². The zero-order valence-electron chi connectivity index (χ0n) is 17.2. The summed E-state index contributed by atoms with van der Waals surface area (Å²) in [6.45, 7) is 1.10. The maximum atomic E-state index is 13.5. The average Bonchev–Trinajstić information content (AvgIpc) is 3.35. The molecule has 8 heteroatoms. The highest BCUT2D eigenvalue weighted by atomic mass is 19.1. The second-order valence-electron chi connectivity index (χ2n) is 7.72. The largest absolute Gasteiger partial charge is 0.339 e. The number of piperidine rings is 1. The number of nitrogens with zero attached hydrogens (tertiary/aromatic N) is 5. The predicted molar refractivity (Wildman–Crippen MR) is 115 cm³/mol. The Morgan fingerprint density at radius 1 is 1.00 bits per heavy atom. The van der Waals surface area contributed by atoms with Gasteiger partial charge in [0.25, 0.3) is 5.91 Å². The molecule has 0 spiro atoms. The smallest absolute Gasteiger partial charge is 0.257 e. The van der Waals surface area contributed by atoms with Crippen LogP contribution in [0.25, 0.3) is 22.8 Å². The molecule has 1 aliphatic rings. The minimum Gasteiger partial charge on any atom is -0.339 e. The first kappa shape index (κ1) is 20.0. The van der Waals surface area contributed by atoms with Crippen molar-refractivity contribution in [1.29, 1.82) is 0 Å². The summed E-state index contributed by atoms with van der Waals surface area (Å²) in [5, 5.41) is 3.99. The molecule has 1 fully saturated rings. The van der Waals surface area contributed by atoms with Crippen molar-refractivity contribution in [3.63, 3.8) is 0 Å². The summed E-state index contributed by atoms with van der Waals surface area (Å²) in [5.74, 6) is 0.815. The molecule has 1 saturated heterocycles. The number of benzene rings is 2. The molecule has 1 unspecified atom stereocenters. The summed E-state index contributed by atoms with van der Waals surface area (Å²) in [4.78, 5) is 28.0. The number of carbonyl (C=O) groups is 1. The van der Waals surface area contributed by atoms with Crippen molar-refractivity contribution in [2.45, 2.75) is 18.8 Å². The summed E-state index contributed by atoms with van der Waals surface area (Å²) < 4.78 is 18.9. The van der Waals surface area contributed by atoms with E-state index in [2.05, 4.69) is 20.1 Å². The molecule has 4 aromatic rings. The zero-order chi connectivity index (χ0) is 21.9. The lowest BCUT2D eigenvalue weighted by molar-refractivity contribution is 0.0695. The molecule has 0 bridgehead atoms. The van der Waals surface area contributed by atoms with Gasteiger partial charge >= 0.3 is 0 Å². The van der Waals surface area contributed by atoms with Gasteiger partial charge in [-0.05, 0) is 25.0 Å². The third kappa shape index (κ3) is 4.12. The molecule has 1 aliphatic heterocycles. The molecule has 0 N–H and O–H groups in total. The second kappa shape index (κ2) is 8.66. The van der Waals surface area contributed by atoms with Gasteiger partial charge in [0.05, 0.1) is 11.5 Å². The maximum absolute atomic E-state index is 13.5. The standard InChI is InChI=1S/C24H20FN5O2/c25-20-10-4-8-17(12-20)22-28-23(32-29-22)18-9-5-11-30(15-18)24(31)19-13-26-21(27-14-19)16-6-2-1-3-7-16/h1-4,6-8,10,12-14,18H,5,9,11,15H2. The molecule has 5 rings (SSSR count). The molecule has 32 heavy (non-hydrogen) atoms. The summed E-state index contributed by atoms with van der Waals surface area (Å²) in [5.41, 5.74) is 1.89. The summed E-state index contributed by atoms with van der Waals surface area (Å²) in [6, 6.07) is 15.7. The van der Waals surface area contributed by atoms with Gasteiger partial charge in [-0.25, -0.2) is 14.4 Å². The van der Waals surface area contributed by atoms with E-state index in [0.29, 0.717) is 41.8 Å². The predicted octanol–water partition coefficient (Wildman–Crippen LogP) is 4.35. The van der Waals surface area contributed by atoms with Crippen LogP contribution in [0.5, 0.6) is 0 Å². The van der Waals surface area contributed by atoms with Gasteiger partial charge in [0.15, 0.2) is 5.82 Å². The first-order chi connectivity index (χ1) is 15.7. The molecular formula is C24H20FN5O2. The topological polar surface area (TPSA) is 85.0 Å². The molecule has 0 aliphatic carbocycles. The molecule has 1 amide bonds. The fourth-order valence-electron chi connectivity index (χ4n) is 3.87. The van der Waals surface area contributed by atoms with Crippen LogP contribution in [0.1, 0.15) is 35.0 Å². The van der Waals surface area contributed by atoms with Crippen LogP contribution in [0.4, 0.5) is 4.39 Å². The van der Waals surface area contributed by atoms with Gasteiger partial charge in [-0.15, -0.1) is 0 Å². The Balaban J connectivity index is 1.29. The Hall–Kier alpha value is -3.94. The van der Waals surface area contributed by atoms with E-state index in [1.54, 1.807) is 29.4 Å². The molecule has 1 atom stereocenters. The molecule has 2 aromatic heterocycles. The number of amides is 1. The van der Waals surface area contributed by atoms with Gasteiger partial charge in [0.1, 0.15) is 5.82 Å². The van der Waals surface area contributed by atoms with E-state index in [4.69, 9.17) is 4.52 Å². The minimum atomic E-state index is -0.358. The van der Waals surface area contributed by atoms with Crippen molar-refractivity contribution >= 4 is 5.91 Å². The summed E-state index contributed by atoms with van der Waals surface area (Å²) in [7, 11) is 0. The van der Waals surface area contributed by atoms with Crippen molar-refractivity contribution in [2.75, 3.05) is 13.1 Å². The fraction of sp³-hybridized carbons (Fsp3) is 0.208. The second-order valence-corrected chi connectivity index (χ2v) is 7.72. The Labute approximate surface area is 183 Å². The van der Waals surface area contributed by atoms with Gasteiger partial charge in [-0.1, -0.05) is 47.6 Å². The van der Waals surface area contributed by atoms with Crippen molar-refractivity contribution < 1.29 is 13.7 Å². The van der Waals surface area contributed by atoms with E-state index in [0.717, 1.165) is 18.4 Å². The third-order valence-corrected chi connectivity index (χ3v) is 5.51. The van der Waals surface area contributed by atoms with Crippen LogP contribution in [-0.4, -0.2) is 44.0 Å². The number of likely N-dealkylation sites (tertiary alicyclic amines) is 1. The molecule has 0 radical (unpaired) electrons. The van der Waals surface area contributed by atoms with Crippen molar-refractivity contribution in [3.05, 3.63) is 84.3 Å². The molecule has 160 valence electrons. The number of carbonyl (C=O) groups excluding carboxylic acids is 1. The van der Waals surface area contributed by atoms with Crippen LogP contribution in [0.15, 0.2) is 71.5 Å². The van der Waals surface area contributed by atoms with Crippen molar-refractivity contribution in [1.82, 2.24) is 25.0 Å². The van der Waals surface area contributed by atoms with Crippen LogP contribution in [0, 0.1) is 5.82 Å². The van der Waals surface area contributed by atoms with Crippen LogP contribution >= 0.6 is 0 Å². The number of hydrogen-bond donors (Lipinski definition) is 0. The van der Waals surface area contributed by atoms with E-state index in [1.165, 1.54) is 12.1 Å². The highest BCUT2D eigenvalue weighted by Crippen LogP contribution is 2.28. The quantitative estimate of drug-likeness (QED) is 0.479. The molecular weight excluding hydrogens is 409 g/mol. The molecule has 3 heterocycles. The van der Waals surface area contributed by atoms with Gasteiger partial charge in [0.2, 0.25) is 11.7 Å². The molecule has 2 aromatic carbocycles. The van der Waals surface area contributed by atoms with Crippen molar-refractivity contribution in [2.24, 2.45) is 0 Å². The first-order valence-corrected chi connectivity index (χ1v) is 10.4. The average molecular weight is 429 g/mol. The van der Waals surface area contributed by atoms with Crippen LogP contribution in [0.2, 0.25) is 0 Å². The van der Waals surface area contributed by atoms with E-state index in [-0.39, 0.29) is 17.6 Å². The normalized spacial score (nSPS) is 16.2. The Bertz CT molecular complexity index is 1230. The van der Waals surface area contributed by atoms with Gasteiger partial charge < -0.3 is 9.42 Å². The minimum absolute atomic E-state index is 0.0768. The summed E-state index contributed by atoms with van der Waals surface area (Å²) in [6.07, 6.45) is 4.78. The Morgan fingerprint density at radius 3 is 2.56 bits per heavy atom. The third-order valence-electron chi connectivity index (χ3n) is 5.51. The maximum Gasteiger partial charge on any atom is 0.257 e. The van der Waals surface area contributed by atoms with E-state index >= 15 is 0 Å². The number of aromatic nitrogens is 4. The monoisotopic (exact) mass is 429 g/mol. The highest BCUT2D eigenvalue weighted by Gasteiger charge is 2.29. The Morgan fingerprint density at radius 2 is 1.78 bits per heavy atom. The molecule has 7 nitrogen and oxygen atoms in total. The number of halogens is 1. The number of rotatable bonds is 4. The van der Waals surface area contributed by atoms with Crippen molar-refractivity contribution in [3.8, 4) is 22.8 Å². The lowest BCUT2D eigenvalue weighted by Gasteiger charge is -2.30. The SMILES string of the molecule is O=C(c1cnc(-c2ccccc2)nc1)N1CCCC(c2nc(-c3cccc(F)c3)no2)C1. The van der Waals surface area contributed by atoms with Gasteiger partial charge in [-0.3, -0.25) is 4.79 Å². The zero-order valence-corrected chi connectivity index (χ0v) is 17.2. The van der Waals surface area contributed by atoms with Crippen LogP contribution in [0.3, 0.4) is 0 Å². The van der Waals surface area contributed by atoms with E-state index in [1.807, 2.05) is 30.3 Å². The lowest BCUT2D eigenvalue weighted by Crippen LogP contribution is -2.39. The fourth-order valence-corrected chi connectivity index (χ4v) is 3.87. The van der Waals surface area contributed by atoms with E-state index < -0.39 is 0 Å². The highest BCUT2D eigenvalue weighted by molar-refractivity contribution is 5.93. The first-order valence-electron chi connectivity index (χ1n) is 10.4. The van der Waals surface area contributed by atoms with E-state index in [9.17, 15) is 9.18 Å². The molecule has 0 saturated carbocycles. The lowest BCUT2D eigenvalue weighted by atomic mass is 9.97.